The highest BCUT2D eigenvalue weighted by atomic mass is 35.5. The number of nitrogens with zero attached hydrogens (tertiary/aromatic N) is 2. The van der Waals surface area contributed by atoms with Crippen LogP contribution < -0.4 is 5.73 Å². The molecule has 0 bridgehead atoms. The number of nitrogens with two attached hydrogens (primary N) is 1. The second kappa shape index (κ2) is 5.63. The molecule has 2 rings (SSSR count). The zero-order valence-electron chi connectivity index (χ0n) is 10.2. The van der Waals surface area contributed by atoms with Gasteiger partial charge in [-0.3, -0.25) is 0 Å². The smallest absolute Gasteiger partial charge is 0.260 e. The minimum atomic E-state index is 0.411. The lowest BCUT2D eigenvalue weighted by molar-refractivity contribution is 0.425. The molecule has 6 heteroatoms. The average Bonchev–Trinajstić information content (AvgIpc) is 2.78. The van der Waals surface area contributed by atoms with E-state index in [4.69, 9.17) is 21.9 Å². The van der Waals surface area contributed by atoms with Gasteiger partial charge in [0.2, 0.25) is 0 Å². The van der Waals surface area contributed by atoms with Gasteiger partial charge >= 0.3 is 0 Å². The normalized spacial score (nSPS) is 11.1. The first-order valence-electron chi connectivity index (χ1n) is 5.56. The molecule has 0 fully saturated rings. The maximum absolute atomic E-state index is 5.93. The van der Waals surface area contributed by atoms with Gasteiger partial charge in [-0.2, -0.15) is 16.7 Å². The van der Waals surface area contributed by atoms with Crippen LogP contribution in [0.3, 0.4) is 0 Å². The van der Waals surface area contributed by atoms with Gasteiger partial charge in [-0.1, -0.05) is 30.6 Å². The number of aromatic nitrogens is 2. The molecule has 0 saturated heterocycles. The van der Waals surface area contributed by atoms with E-state index in [0.717, 1.165) is 5.75 Å². The third kappa shape index (κ3) is 3.17. The summed E-state index contributed by atoms with van der Waals surface area (Å²) in [6.45, 7) is 4.25. The molecule has 0 spiro atoms. The van der Waals surface area contributed by atoms with Crippen molar-refractivity contribution in [3.8, 4) is 11.5 Å². The van der Waals surface area contributed by atoms with E-state index in [1.54, 1.807) is 30.0 Å². The van der Waals surface area contributed by atoms with Crippen molar-refractivity contribution in [2.24, 2.45) is 0 Å². The third-order valence-electron chi connectivity index (χ3n) is 2.26. The summed E-state index contributed by atoms with van der Waals surface area (Å²) in [5, 5.41) is 5.05. The first-order valence-corrected chi connectivity index (χ1v) is 6.98. The fourth-order valence-electron chi connectivity index (χ4n) is 1.38. The molecule has 1 heterocycles. The van der Waals surface area contributed by atoms with Crippen LogP contribution in [0.2, 0.25) is 5.02 Å². The Kier molecular flexibility index (Phi) is 4.14. The summed E-state index contributed by atoms with van der Waals surface area (Å²) in [5.74, 6) is 1.80. The zero-order valence-corrected chi connectivity index (χ0v) is 11.8. The first kappa shape index (κ1) is 13.2. The molecular formula is C12H14ClN3OS. The number of rotatable bonds is 4. The monoisotopic (exact) mass is 283 g/mol. The molecule has 2 aromatic rings. The summed E-state index contributed by atoms with van der Waals surface area (Å²) in [4.78, 5) is 4.32. The Balaban J connectivity index is 2.21. The second-order valence-corrected chi connectivity index (χ2v) is 6.11. The van der Waals surface area contributed by atoms with Gasteiger partial charge in [0.05, 0.1) is 11.3 Å². The van der Waals surface area contributed by atoms with E-state index >= 15 is 0 Å². The molecule has 0 unspecified atom stereocenters. The van der Waals surface area contributed by atoms with Crippen LogP contribution in [-0.2, 0) is 5.75 Å². The van der Waals surface area contributed by atoms with Gasteiger partial charge in [0, 0.05) is 10.7 Å². The van der Waals surface area contributed by atoms with Crippen LogP contribution in [-0.4, -0.2) is 15.4 Å². The van der Waals surface area contributed by atoms with Gasteiger partial charge in [-0.25, -0.2) is 0 Å². The van der Waals surface area contributed by atoms with Crippen molar-refractivity contribution >= 4 is 29.1 Å². The van der Waals surface area contributed by atoms with E-state index in [2.05, 4.69) is 24.0 Å². The highest BCUT2D eigenvalue weighted by molar-refractivity contribution is 7.99. The van der Waals surface area contributed by atoms with Gasteiger partial charge < -0.3 is 10.3 Å². The molecule has 0 radical (unpaired) electrons. The average molecular weight is 284 g/mol. The van der Waals surface area contributed by atoms with Crippen molar-refractivity contribution < 1.29 is 4.52 Å². The van der Waals surface area contributed by atoms with Crippen LogP contribution in [0, 0.1) is 0 Å². The quantitative estimate of drug-likeness (QED) is 0.868. The van der Waals surface area contributed by atoms with Gasteiger partial charge in [0.1, 0.15) is 0 Å². The highest BCUT2D eigenvalue weighted by Crippen LogP contribution is 2.28. The Morgan fingerprint density at radius 1 is 1.44 bits per heavy atom. The number of anilines is 1. The van der Waals surface area contributed by atoms with Gasteiger partial charge in [-0.15, -0.1) is 0 Å². The molecule has 2 N–H and O–H groups in total. The predicted octanol–water partition coefficient (Wildman–Crippen LogP) is 3.61. The van der Waals surface area contributed by atoms with E-state index in [0.29, 0.717) is 33.2 Å². The van der Waals surface area contributed by atoms with Crippen molar-refractivity contribution in [1.82, 2.24) is 10.1 Å². The van der Waals surface area contributed by atoms with E-state index in [9.17, 15) is 0 Å². The van der Waals surface area contributed by atoms with Gasteiger partial charge in [0.25, 0.3) is 5.89 Å². The zero-order chi connectivity index (χ0) is 13.1. The fraction of sp³-hybridized carbons (Fsp3) is 0.333. The molecule has 1 aromatic heterocycles. The van der Waals surface area contributed by atoms with Gasteiger partial charge in [0.15, 0.2) is 5.82 Å². The van der Waals surface area contributed by atoms with Crippen molar-refractivity contribution in [2.75, 3.05) is 5.73 Å². The van der Waals surface area contributed by atoms with Crippen molar-refractivity contribution in [1.29, 1.82) is 0 Å². The topological polar surface area (TPSA) is 64.9 Å². The first-order chi connectivity index (χ1) is 8.56. The third-order valence-corrected chi connectivity index (χ3v) is 3.59. The van der Waals surface area contributed by atoms with Crippen LogP contribution in [0.25, 0.3) is 11.5 Å². The van der Waals surface area contributed by atoms with Crippen molar-refractivity contribution in [3.05, 3.63) is 29.0 Å². The van der Waals surface area contributed by atoms with Crippen LogP contribution in [0.5, 0.6) is 0 Å². The van der Waals surface area contributed by atoms with E-state index < -0.39 is 0 Å². The Labute approximate surface area is 115 Å². The van der Waals surface area contributed by atoms with E-state index in [-0.39, 0.29) is 0 Å². The molecule has 0 saturated carbocycles. The van der Waals surface area contributed by atoms with Gasteiger partial charge in [-0.05, 0) is 23.4 Å². The molecule has 0 aliphatic carbocycles. The Morgan fingerprint density at radius 2 is 2.22 bits per heavy atom. The molecule has 1 aromatic carbocycles. The lowest BCUT2D eigenvalue weighted by Gasteiger charge is -2.00. The molecule has 0 amide bonds. The lowest BCUT2D eigenvalue weighted by Crippen LogP contribution is -1.92. The standard InChI is InChI=1S/C12H14ClN3OS/c1-7(2)18-6-11-15-12(17-16-11)9-5-8(13)3-4-10(9)14/h3-5,7H,6,14H2,1-2H3. The summed E-state index contributed by atoms with van der Waals surface area (Å²) < 4.78 is 5.21. The minimum Gasteiger partial charge on any atom is -0.398 e. The predicted molar refractivity (Wildman–Crippen MR) is 75.6 cm³/mol. The largest absolute Gasteiger partial charge is 0.398 e. The maximum atomic E-state index is 5.93. The number of thioether (sulfide) groups is 1. The molecule has 0 atom stereocenters. The Bertz CT molecular complexity index is 542. The Hall–Kier alpha value is -1.20. The van der Waals surface area contributed by atoms with Crippen LogP contribution in [0.4, 0.5) is 5.69 Å². The summed E-state index contributed by atoms with van der Waals surface area (Å²) in [6, 6.07) is 5.18. The molecule has 4 nitrogen and oxygen atoms in total. The minimum absolute atomic E-state index is 0.411. The summed E-state index contributed by atoms with van der Waals surface area (Å²) in [5.41, 5.74) is 7.11. The number of benzene rings is 1. The van der Waals surface area contributed by atoms with Crippen molar-refractivity contribution in [2.45, 2.75) is 24.9 Å². The number of nitrogen functional groups attached to an aromatic ring is 1. The lowest BCUT2D eigenvalue weighted by atomic mass is 10.2. The van der Waals surface area contributed by atoms with Crippen LogP contribution >= 0.6 is 23.4 Å². The molecule has 96 valence electrons. The van der Waals surface area contributed by atoms with Crippen molar-refractivity contribution in [3.63, 3.8) is 0 Å². The molecule has 0 aliphatic heterocycles. The number of halogens is 1. The summed E-state index contributed by atoms with van der Waals surface area (Å²) >= 11 is 7.68. The maximum Gasteiger partial charge on any atom is 0.260 e. The van der Waals surface area contributed by atoms with E-state index in [1.165, 1.54) is 0 Å². The van der Waals surface area contributed by atoms with Crippen LogP contribution in [0.15, 0.2) is 22.7 Å². The second-order valence-electron chi connectivity index (χ2n) is 4.11. The molecule has 18 heavy (non-hydrogen) atoms. The summed E-state index contributed by atoms with van der Waals surface area (Å²) in [7, 11) is 0. The summed E-state index contributed by atoms with van der Waals surface area (Å²) in [6.07, 6.45) is 0. The highest BCUT2D eigenvalue weighted by Gasteiger charge is 2.12. The molecule has 0 aliphatic rings. The number of hydrogen-bond acceptors (Lipinski definition) is 5. The Morgan fingerprint density at radius 3 is 2.94 bits per heavy atom. The fourth-order valence-corrected chi connectivity index (χ4v) is 2.15. The SMILES string of the molecule is CC(C)SCc1noc(-c2cc(Cl)ccc2N)n1. The van der Waals surface area contributed by atoms with Crippen LogP contribution in [0.1, 0.15) is 19.7 Å². The molecular weight excluding hydrogens is 270 g/mol. The van der Waals surface area contributed by atoms with E-state index in [1.807, 2.05) is 0 Å². The number of hydrogen-bond donors (Lipinski definition) is 1.